The molecular formula is C30H28FNO6. The molecule has 0 atom stereocenters. The first-order chi connectivity index (χ1) is 18.3. The molecule has 4 rings (SSSR count). The van der Waals surface area contributed by atoms with Crippen LogP contribution >= 0.6 is 0 Å². The molecule has 8 heteroatoms. The summed E-state index contributed by atoms with van der Waals surface area (Å²) in [6, 6.07) is 17.6. The summed E-state index contributed by atoms with van der Waals surface area (Å²) in [5.74, 6) is -0.896. The van der Waals surface area contributed by atoms with Crippen LogP contribution in [0.4, 0.5) is 4.39 Å². The van der Waals surface area contributed by atoms with Crippen LogP contribution in [0, 0.1) is 5.82 Å². The van der Waals surface area contributed by atoms with Crippen molar-refractivity contribution in [1.29, 1.82) is 0 Å². The van der Waals surface area contributed by atoms with Gasteiger partial charge in [0, 0.05) is 6.54 Å². The van der Waals surface area contributed by atoms with E-state index in [1.807, 2.05) is 43.3 Å². The van der Waals surface area contributed by atoms with Gasteiger partial charge in [-0.05, 0) is 76.2 Å². The van der Waals surface area contributed by atoms with Gasteiger partial charge in [-0.2, -0.15) is 0 Å². The van der Waals surface area contributed by atoms with E-state index in [0.717, 1.165) is 27.8 Å². The number of fused-ring (bicyclic) bond motifs is 1. The van der Waals surface area contributed by atoms with Crippen LogP contribution in [0.2, 0.25) is 0 Å². The number of carboxylic acid groups (broad SMARTS) is 1. The second-order valence-corrected chi connectivity index (χ2v) is 8.73. The monoisotopic (exact) mass is 517 g/mol. The number of hydrogen-bond donors (Lipinski definition) is 2. The van der Waals surface area contributed by atoms with Gasteiger partial charge >= 0.3 is 5.97 Å². The number of halogens is 1. The Morgan fingerprint density at radius 2 is 1.66 bits per heavy atom. The maximum absolute atomic E-state index is 14.3. The lowest BCUT2D eigenvalue weighted by Crippen LogP contribution is -2.22. The van der Waals surface area contributed by atoms with E-state index in [1.54, 1.807) is 18.2 Å². The molecule has 0 aliphatic heterocycles. The molecule has 0 saturated carbocycles. The Morgan fingerprint density at radius 3 is 2.29 bits per heavy atom. The van der Waals surface area contributed by atoms with Gasteiger partial charge in [0.15, 0.2) is 18.1 Å². The molecule has 3 aromatic rings. The molecule has 0 aromatic heterocycles. The third-order valence-electron chi connectivity index (χ3n) is 6.26. The number of amides is 1. The van der Waals surface area contributed by atoms with Gasteiger partial charge in [-0.25, -0.2) is 9.18 Å². The molecular weight excluding hydrogens is 489 g/mol. The Morgan fingerprint density at radius 1 is 0.974 bits per heavy atom. The second kappa shape index (κ2) is 11.6. The largest absolute Gasteiger partial charge is 0.493 e. The van der Waals surface area contributed by atoms with Crippen molar-refractivity contribution >= 4 is 29.1 Å². The molecule has 1 aliphatic carbocycles. The maximum atomic E-state index is 14.3. The van der Waals surface area contributed by atoms with Crippen molar-refractivity contribution in [2.75, 3.05) is 20.8 Å². The quantitative estimate of drug-likeness (QED) is 0.377. The van der Waals surface area contributed by atoms with Crippen LogP contribution in [0.3, 0.4) is 0 Å². The standard InChI is InChI=1S/C30H28FNO6/c1-18-23(11-20-12-26(36-2)30(27(13-20)37-3)38-17-29(34)35)22-10-9-21(31)14-25(22)24(18)15-28(33)32-16-19-7-5-4-6-8-19/h4-14H,15-17H2,1-3H3,(H,32,33)(H,34,35). The minimum Gasteiger partial charge on any atom is -0.493 e. The van der Waals surface area contributed by atoms with Gasteiger partial charge in [0.1, 0.15) is 5.82 Å². The maximum Gasteiger partial charge on any atom is 0.341 e. The molecule has 0 fully saturated rings. The second-order valence-electron chi connectivity index (χ2n) is 8.73. The summed E-state index contributed by atoms with van der Waals surface area (Å²) in [4.78, 5) is 23.8. The molecule has 2 N–H and O–H groups in total. The van der Waals surface area contributed by atoms with Crippen LogP contribution in [-0.2, 0) is 16.1 Å². The number of hydrogen-bond acceptors (Lipinski definition) is 5. The van der Waals surface area contributed by atoms with E-state index in [2.05, 4.69) is 5.32 Å². The summed E-state index contributed by atoms with van der Waals surface area (Å²) >= 11 is 0. The third-order valence-corrected chi connectivity index (χ3v) is 6.26. The Hall–Kier alpha value is -4.59. The molecule has 0 spiro atoms. The van der Waals surface area contributed by atoms with E-state index >= 15 is 0 Å². The minimum absolute atomic E-state index is 0.0983. The molecule has 1 amide bonds. The molecule has 0 saturated heterocycles. The molecule has 0 unspecified atom stereocenters. The highest BCUT2D eigenvalue weighted by atomic mass is 19.1. The summed E-state index contributed by atoms with van der Waals surface area (Å²) in [6.45, 7) is 1.76. The lowest BCUT2D eigenvalue weighted by molar-refractivity contribution is -0.139. The van der Waals surface area contributed by atoms with Crippen molar-refractivity contribution in [3.05, 3.63) is 94.3 Å². The first kappa shape index (κ1) is 26.5. The Labute approximate surface area is 220 Å². The summed E-state index contributed by atoms with van der Waals surface area (Å²) in [7, 11) is 2.90. The number of rotatable bonds is 10. The number of carbonyl (C=O) groups is 2. The van der Waals surface area contributed by atoms with E-state index in [1.165, 1.54) is 26.4 Å². The molecule has 0 radical (unpaired) electrons. The van der Waals surface area contributed by atoms with Crippen LogP contribution < -0.4 is 19.5 Å². The summed E-state index contributed by atoms with van der Waals surface area (Å²) < 4.78 is 30.5. The number of nitrogens with one attached hydrogen (secondary N) is 1. The molecule has 7 nitrogen and oxygen atoms in total. The number of carboxylic acids is 1. The number of allylic oxidation sites excluding steroid dienone is 2. The first-order valence-electron chi connectivity index (χ1n) is 11.9. The number of aliphatic carboxylic acids is 1. The fraction of sp³-hybridized carbons (Fsp3) is 0.200. The van der Waals surface area contributed by atoms with Gasteiger partial charge in [-0.15, -0.1) is 0 Å². The minimum atomic E-state index is -1.13. The highest BCUT2D eigenvalue weighted by Gasteiger charge is 2.26. The molecule has 0 heterocycles. The van der Waals surface area contributed by atoms with E-state index in [0.29, 0.717) is 29.2 Å². The molecule has 3 aromatic carbocycles. The Bertz CT molecular complexity index is 1400. The average Bonchev–Trinajstić information content (AvgIpc) is 3.16. The SMILES string of the molecule is COc1cc(C=C2C(C)=C(CC(=O)NCc3ccccc3)c3cc(F)ccc32)cc(OC)c1OCC(=O)O. The number of carbonyl (C=O) groups excluding carboxylic acids is 1. The van der Waals surface area contributed by atoms with E-state index in [4.69, 9.17) is 19.3 Å². The van der Waals surface area contributed by atoms with Gasteiger partial charge < -0.3 is 24.6 Å². The van der Waals surface area contributed by atoms with Gasteiger partial charge in [0.05, 0.1) is 20.6 Å². The molecule has 196 valence electrons. The van der Waals surface area contributed by atoms with Crippen LogP contribution in [-0.4, -0.2) is 37.8 Å². The van der Waals surface area contributed by atoms with Gasteiger partial charge in [-0.1, -0.05) is 36.4 Å². The van der Waals surface area contributed by atoms with Crippen molar-refractivity contribution in [2.45, 2.75) is 19.9 Å². The summed E-state index contributed by atoms with van der Waals surface area (Å²) in [5, 5.41) is 11.9. The lowest BCUT2D eigenvalue weighted by Gasteiger charge is -2.15. The Kier molecular flexibility index (Phi) is 8.11. The lowest BCUT2D eigenvalue weighted by atomic mass is 10.00. The fourth-order valence-corrected chi connectivity index (χ4v) is 4.43. The zero-order chi connectivity index (χ0) is 27.2. The van der Waals surface area contributed by atoms with E-state index < -0.39 is 12.6 Å². The highest BCUT2D eigenvalue weighted by molar-refractivity contribution is 6.08. The smallest absolute Gasteiger partial charge is 0.341 e. The van der Waals surface area contributed by atoms with Crippen molar-refractivity contribution in [1.82, 2.24) is 5.32 Å². The van der Waals surface area contributed by atoms with Crippen molar-refractivity contribution < 1.29 is 33.3 Å². The molecule has 38 heavy (non-hydrogen) atoms. The van der Waals surface area contributed by atoms with Crippen molar-refractivity contribution in [3.63, 3.8) is 0 Å². The highest BCUT2D eigenvalue weighted by Crippen LogP contribution is 2.45. The summed E-state index contributed by atoms with van der Waals surface area (Å²) in [6.07, 6.45) is 1.99. The average molecular weight is 518 g/mol. The topological polar surface area (TPSA) is 94.1 Å². The van der Waals surface area contributed by atoms with Crippen molar-refractivity contribution in [3.8, 4) is 17.2 Å². The van der Waals surface area contributed by atoms with Crippen molar-refractivity contribution in [2.24, 2.45) is 0 Å². The number of benzene rings is 3. The predicted molar refractivity (Wildman–Crippen MR) is 142 cm³/mol. The fourth-order valence-electron chi connectivity index (χ4n) is 4.43. The first-order valence-corrected chi connectivity index (χ1v) is 11.9. The van der Waals surface area contributed by atoms with Crippen LogP contribution in [0.1, 0.15) is 35.6 Å². The zero-order valence-corrected chi connectivity index (χ0v) is 21.3. The van der Waals surface area contributed by atoms with Crippen LogP contribution in [0.5, 0.6) is 17.2 Å². The number of methoxy groups -OCH3 is 2. The molecule has 1 aliphatic rings. The van der Waals surface area contributed by atoms with Gasteiger partial charge in [0.2, 0.25) is 11.7 Å². The number of ether oxygens (including phenoxy) is 3. The predicted octanol–water partition coefficient (Wildman–Crippen LogP) is 5.34. The van der Waals surface area contributed by atoms with E-state index in [9.17, 15) is 14.0 Å². The zero-order valence-electron chi connectivity index (χ0n) is 21.3. The van der Waals surface area contributed by atoms with Crippen LogP contribution in [0.25, 0.3) is 17.2 Å². The van der Waals surface area contributed by atoms with Gasteiger partial charge in [-0.3, -0.25) is 4.79 Å². The Balaban J connectivity index is 1.68. The van der Waals surface area contributed by atoms with Crippen LogP contribution in [0.15, 0.2) is 66.2 Å². The summed E-state index contributed by atoms with van der Waals surface area (Å²) in [5.41, 5.74) is 5.59. The normalized spacial score (nSPS) is 13.3. The molecule has 0 bridgehead atoms. The van der Waals surface area contributed by atoms with Gasteiger partial charge in [0.25, 0.3) is 0 Å². The third kappa shape index (κ3) is 5.86. The van der Waals surface area contributed by atoms with E-state index in [-0.39, 0.29) is 23.9 Å².